The van der Waals surface area contributed by atoms with Gasteiger partial charge in [0.15, 0.2) is 0 Å². The molecule has 1 heterocycles. The molecule has 0 saturated heterocycles. The second-order valence-corrected chi connectivity index (χ2v) is 7.27. The van der Waals surface area contributed by atoms with Crippen molar-refractivity contribution in [2.45, 2.75) is 45.2 Å². The molecule has 1 aromatic heterocycles. The van der Waals surface area contributed by atoms with Crippen LogP contribution in [0, 0.1) is 0 Å². The molecule has 3 rings (SSSR count). The van der Waals surface area contributed by atoms with Crippen LogP contribution >= 0.6 is 12.4 Å². The third kappa shape index (κ3) is 7.37. The van der Waals surface area contributed by atoms with Gasteiger partial charge in [0.25, 0.3) is 0 Å². The first-order valence-corrected chi connectivity index (χ1v) is 9.81. The Morgan fingerprint density at radius 3 is 2.55 bits per heavy atom. The van der Waals surface area contributed by atoms with Crippen molar-refractivity contribution < 1.29 is 4.79 Å². The van der Waals surface area contributed by atoms with Gasteiger partial charge in [0.05, 0.1) is 0 Å². The maximum absolute atomic E-state index is 10.8. The van der Waals surface area contributed by atoms with Gasteiger partial charge in [-0.15, -0.1) is 12.4 Å². The maximum atomic E-state index is 10.8. The van der Waals surface area contributed by atoms with Crippen molar-refractivity contribution in [2.24, 2.45) is 5.73 Å². The van der Waals surface area contributed by atoms with E-state index in [-0.39, 0.29) is 12.4 Å². The third-order valence-electron chi connectivity index (χ3n) is 4.93. The number of fused-ring (bicyclic) bond motifs is 1. The molecule has 2 aromatic carbocycles. The zero-order valence-corrected chi connectivity index (χ0v) is 17.5. The first-order chi connectivity index (χ1) is 13.6. The minimum Gasteiger partial charge on any atom is -0.351 e. The third-order valence-corrected chi connectivity index (χ3v) is 4.93. The standard InChI is InChI=1S/C23H28N4O.ClH/c1-17(26-15-19-6-9-21-16-25-13-12-20(21)14-19)4-2-3-5-18-7-10-22(11-8-18)27-23(24)28;/h6-14,16-17,26H,2-5,15H2,1H3,(H3,24,27,28);1H/t17-;/m1./s1. The zero-order chi connectivity index (χ0) is 19.8. The van der Waals surface area contributed by atoms with Crippen molar-refractivity contribution in [1.82, 2.24) is 10.3 Å². The Kier molecular flexibility index (Phi) is 8.90. The number of anilines is 1. The van der Waals surface area contributed by atoms with Crippen LogP contribution in [0.1, 0.15) is 37.3 Å². The fourth-order valence-electron chi connectivity index (χ4n) is 3.31. The first kappa shape index (κ1) is 22.7. The molecule has 4 N–H and O–H groups in total. The van der Waals surface area contributed by atoms with Gasteiger partial charge in [-0.25, -0.2) is 4.79 Å². The van der Waals surface area contributed by atoms with Crippen LogP contribution in [0.3, 0.4) is 0 Å². The number of halogens is 1. The summed E-state index contributed by atoms with van der Waals surface area (Å²) >= 11 is 0. The number of nitrogens with one attached hydrogen (secondary N) is 2. The second-order valence-electron chi connectivity index (χ2n) is 7.27. The Hall–Kier alpha value is -2.63. The highest BCUT2D eigenvalue weighted by Gasteiger charge is 2.03. The minimum absolute atomic E-state index is 0. The van der Waals surface area contributed by atoms with Crippen LogP contribution in [-0.2, 0) is 13.0 Å². The quantitative estimate of drug-likeness (QED) is 0.431. The molecule has 0 fully saturated rings. The average Bonchev–Trinajstić information content (AvgIpc) is 2.70. The largest absolute Gasteiger partial charge is 0.351 e. The van der Waals surface area contributed by atoms with E-state index in [9.17, 15) is 4.79 Å². The molecule has 154 valence electrons. The summed E-state index contributed by atoms with van der Waals surface area (Å²) in [6.45, 7) is 3.13. The molecule has 5 nitrogen and oxygen atoms in total. The number of rotatable bonds is 9. The summed E-state index contributed by atoms with van der Waals surface area (Å²) in [5.74, 6) is 0. The fourth-order valence-corrected chi connectivity index (χ4v) is 3.31. The molecule has 0 aliphatic rings. The second kappa shape index (κ2) is 11.4. The molecule has 29 heavy (non-hydrogen) atoms. The fraction of sp³-hybridized carbons (Fsp3) is 0.304. The lowest BCUT2D eigenvalue weighted by Gasteiger charge is -2.14. The molecule has 0 radical (unpaired) electrons. The first-order valence-electron chi connectivity index (χ1n) is 9.81. The number of aromatic nitrogens is 1. The van der Waals surface area contributed by atoms with Crippen molar-refractivity contribution in [3.63, 3.8) is 0 Å². The van der Waals surface area contributed by atoms with Crippen LogP contribution in [0.4, 0.5) is 10.5 Å². The van der Waals surface area contributed by atoms with Gasteiger partial charge in [-0.1, -0.05) is 30.7 Å². The highest BCUT2D eigenvalue weighted by atomic mass is 35.5. The molecule has 2 amide bonds. The molecule has 0 aliphatic carbocycles. The number of pyridine rings is 1. The van der Waals surface area contributed by atoms with Gasteiger partial charge in [0, 0.05) is 36.1 Å². The molecular weight excluding hydrogens is 384 g/mol. The number of carbonyl (C=O) groups is 1. The number of nitrogens with two attached hydrogens (primary N) is 1. The molecule has 0 unspecified atom stereocenters. The minimum atomic E-state index is -0.532. The van der Waals surface area contributed by atoms with Crippen LogP contribution in [0.5, 0.6) is 0 Å². The van der Waals surface area contributed by atoms with E-state index in [1.54, 1.807) is 0 Å². The predicted molar refractivity (Wildman–Crippen MR) is 122 cm³/mol. The Balaban J connectivity index is 0.00000300. The zero-order valence-electron chi connectivity index (χ0n) is 16.7. The number of nitrogens with zero attached hydrogens (tertiary/aromatic N) is 1. The summed E-state index contributed by atoms with van der Waals surface area (Å²) in [7, 11) is 0. The van der Waals surface area contributed by atoms with Gasteiger partial charge in [-0.05, 0) is 67.0 Å². The van der Waals surface area contributed by atoms with Gasteiger partial charge in [-0.3, -0.25) is 4.98 Å². The van der Waals surface area contributed by atoms with E-state index in [0.29, 0.717) is 6.04 Å². The normalized spacial score (nSPS) is 11.6. The topological polar surface area (TPSA) is 80.0 Å². The molecule has 0 bridgehead atoms. The lowest BCUT2D eigenvalue weighted by molar-refractivity contribution is 0.259. The number of benzene rings is 2. The van der Waals surface area contributed by atoms with Crippen LogP contribution in [0.2, 0.25) is 0 Å². The van der Waals surface area contributed by atoms with Gasteiger partial charge < -0.3 is 16.4 Å². The monoisotopic (exact) mass is 412 g/mol. The van der Waals surface area contributed by atoms with Gasteiger partial charge in [-0.2, -0.15) is 0 Å². The smallest absolute Gasteiger partial charge is 0.316 e. The van der Waals surface area contributed by atoms with Gasteiger partial charge in [0.1, 0.15) is 0 Å². The molecule has 0 saturated carbocycles. The molecule has 3 aromatic rings. The number of hydrogen-bond acceptors (Lipinski definition) is 3. The lowest BCUT2D eigenvalue weighted by atomic mass is 10.0. The Morgan fingerprint density at radius 2 is 1.79 bits per heavy atom. The summed E-state index contributed by atoms with van der Waals surface area (Å²) in [6.07, 6.45) is 8.26. The lowest BCUT2D eigenvalue weighted by Crippen LogP contribution is -2.25. The highest BCUT2D eigenvalue weighted by Crippen LogP contribution is 2.15. The number of urea groups is 1. The summed E-state index contributed by atoms with van der Waals surface area (Å²) in [5, 5.41) is 8.61. The highest BCUT2D eigenvalue weighted by molar-refractivity contribution is 5.87. The van der Waals surface area contributed by atoms with E-state index in [0.717, 1.165) is 31.5 Å². The maximum Gasteiger partial charge on any atom is 0.316 e. The number of aryl methyl sites for hydroxylation is 1. The molecule has 0 spiro atoms. The number of carbonyl (C=O) groups excluding carboxylic acids is 1. The van der Waals surface area contributed by atoms with E-state index >= 15 is 0 Å². The number of primary amides is 1. The SMILES string of the molecule is C[C@H](CCCCc1ccc(NC(N)=O)cc1)NCc1ccc2cnccc2c1.Cl. The van der Waals surface area contributed by atoms with E-state index in [1.807, 2.05) is 36.7 Å². The van der Waals surface area contributed by atoms with Crippen LogP contribution in [0.25, 0.3) is 10.8 Å². The summed E-state index contributed by atoms with van der Waals surface area (Å²) in [4.78, 5) is 15.0. The Morgan fingerprint density at radius 1 is 1.03 bits per heavy atom. The molecular formula is C23H29ClN4O. The summed E-state index contributed by atoms with van der Waals surface area (Å²) < 4.78 is 0. The van der Waals surface area contributed by atoms with Crippen LogP contribution in [0.15, 0.2) is 60.9 Å². The number of unbranched alkanes of at least 4 members (excludes halogenated alkanes) is 1. The molecule has 1 atom stereocenters. The van der Waals surface area contributed by atoms with Gasteiger partial charge in [0.2, 0.25) is 0 Å². The van der Waals surface area contributed by atoms with Crippen molar-refractivity contribution in [1.29, 1.82) is 0 Å². The van der Waals surface area contributed by atoms with E-state index in [1.165, 1.54) is 28.3 Å². The van der Waals surface area contributed by atoms with Crippen molar-refractivity contribution in [3.05, 3.63) is 72.1 Å². The molecule has 6 heteroatoms. The molecule has 0 aliphatic heterocycles. The van der Waals surface area contributed by atoms with Gasteiger partial charge >= 0.3 is 6.03 Å². The number of hydrogen-bond donors (Lipinski definition) is 3. The Labute approximate surface area is 178 Å². The summed E-state index contributed by atoms with van der Waals surface area (Å²) in [5.41, 5.74) is 8.43. The predicted octanol–water partition coefficient (Wildman–Crippen LogP) is 5.04. The van der Waals surface area contributed by atoms with Crippen LogP contribution in [-0.4, -0.2) is 17.1 Å². The summed E-state index contributed by atoms with van der Waals surface area (Å²) in [6, 6.07) is 16.4. The Bertz CT molecular complexity index is 914. The average molecular weight is 413 g/mol. The van der Waals surface area contributed by atoms with E-state index in [2.05, 4.69) is 46.8 Å². The van der Waals surface area contributed by atoms with Crippen LogP contribution < -0.4 is 16.4 Å². The van der Waals surface area contributed by atoms with E-state index < -0.39 is 6.03 Å². The van der Waals surface area contributed by atoms with Crippen molar-refractivity contribution in [3.8, 4) is 0 Å². The van der Waals surface area contributed by atoms with Crippen molar-refractivity contribution >= 4 is 34.9 Å². The van der Waals surface area contributed by atoms with E-state index in [4.69, 9.17) is 5.73 Å². The van der Waals surface area contributed by atoms with Crippen molar-refractivity contribution in [2.75, 3.05) is 5.32 Å². The number of amides is 2.